The van der Waals surface area contributed by atoms with E-state index in [0.29, 0.717) is 31.5 Å². The van der Waals surface area contributed by atoms with Crippen LogP contribution in [0.3, 0.4) is 0 Å². The predicted molar refractivity (Wildman–Crippen MR) is 62.5 cm³/mol. The van der Waals surface area contributed by atoms with Crippen LogP contribution in [-0.2, 0) is 16.0 Å². The largest absolute Gasteiger partial charge is 0.383 e. The Bertz CT molecular complexity index is 304. The molecule has 6 heteroatoms. The van der Waals surface area contributed by atoms with Crippen molar-refractivity contribution in [1.82, 2.24) is 15.5 Å². The number of hydrogen-bond donors (Lipinski definition) is 1. The molecular formula is C11H21N3O3. The van der Waals surface area contributed by atoms with E-state index in [0.717, 1.165) is 13.0 Å². The van der Waals surface area contributed by atoms with E-state index in [4.69, 9.17) is 14.0 Å². The lowest BCUT2D eigenvalue weighted by molar-refractivity contribution is 0.0518. The summed E-state index contributed by atoms with van der Waals surface area (Å²) in [6.07, 6.45) is 0.765. The minimum atomic E-state index is -0.0727. The molecule has 0 bridgehead atoms. The fraction of sp³-hybridized carbons (Fsp3) is 0.818. The van der Waals surface area contributed by atoms with E-state index in [1.165, 1.54) is 0 Å². The van der Waals surface area contributed by atoms with E-state index in [1.54, 1.807) is 7.11 Å². The number of rotatable bonds is 9. The SMILES string of the molecule is CCOC(CC)c1noc(CNCCOC)n1. The first-order valence-electron chi connectivity index (χ1n) is 5.95. The van der Waals surface area contributed by atoms with E-state index in [1.807, 2.05) is 13.8 Å². The fourth-order valence-corrected chi connectivity index (χ4v) is 1.42. The lowest BCUT2D eigenvalue weighted by Gasteiger charge is -2.09. The van der Waals surface area contributed by atoms with E-state index in [2.05, 4.69) is 15.5 Å². The summed E-state index contributed by atoms with van der Waals surface area (Å²) in [6.45, 7) is 6.62. The van der Waals surface area contributed by atoms with Crippen molar-refractivity contribution in [3.63, 3.8) is 0 Å². The molecule has 1 rings (SSSR count). The van der Waals surface area contributed by atoms with Crippen LogP contribution in [0.15, 0.2) is 4.52 Å². The maximum Gasteiger partial charge on any atom is 0.240 e. The molecule has 1 aromatic heterocycles. The molecule has 0 aliphatic heterocycles. The Morgan fingerprint density at radius 2 is 2.24 bits per heavy atom. The summed E-state index contributed by atoms with van der Waals surface area (Å²) < 4.78 is 15.6. The van der Waals surface area contributed by atoms with Crippen molar-refractivity contribution in [2.45, 2.75) is 32.9 Å². The molecule has 0 aliphatic carbocycles. The zero-order valence-corrected chi connectivity index (χ0v) is 10.7. The third-order valence-corrected chi connectivity index (χ3v) is 2.27. The average molecular weight is 243 g/mol. The second kappa shape index (κ2) is 8.16. The van der Waals surface area contributed by atoms with Gasteiger partial charge in [-0.15, -0.1) is 0 Å². The molecule has 98 valence electrons. The molecule has 1 unspecified atom stereocenters. The van der Waals surface area contributed by atoms with E-state index < -0.39 is 0 Å². The second-order valence-corrected chi connectivity index (χ2v) is 3.57. The smallest absolute Gasteiger partial charge is 0.240 e. The molecule has 0 spiro atoms. The van der Waals surface area contributed by atoms with Crippen molar-refractivity contribution in [3.8, 4) is 0 Å². The van der Waals surface area contributed by atoms with Gasteiger partial charge < -0.3 is 19.3 Å². The van der Waals surface area contributed by atoms with E-state index in [9.17, 15) is 0 Å². The first-order valence-corrected chi connectivity index (χ1v) is 5.95. The Morgan fingerprint density at radius 1 is 1.41 bits per heavy atom. The molecule has 0 amide bonds. The highest BCUT2D eigenvalue weighted by atomic mass is 16.5. The Kier molecular flexibility index (Phi) is 6.76. The number of ether oxygens (including phenoxy) is 2. The standard InChI is InChI=1S/C11H21N3O3/c1-4-9(16-5-2)11-13-10(17-14-11)8-12-6-7-15-3/h9,12H,4-8H2,1-3H3. The van der Waals surface area contributed by atoms with Gasteiger partial charge in [-0.2, -0.15) is 4.98 Å². The average Bonchev–Trinajstić information content (AvgIpc) is 2.80. The summed E-state index contributed by atoms with van der Waals surface area (Å²) in [5, 5.41) is 7.07. The van der Waals surface area contributed by atoms with Crippen LogP contribution in [0.25, 0.3) is 0 Å². The lowest BCUT2D eigenvalue weighted by Crippen LogP contribution is -2.18. The van der Waals surface area contributed by atoms with Gasteiger partial charge >= 0.3 is 0 Å². The summed E-state index contributed by atoms with van der Waals surface area (Å²) in [6, 6.07) is 0. The minimum absolute atomic E-state index is 0.0727. The van der Waals surface area contributed by atoms with Crippen molar-refractivity contribution in [1.29, 1.82) is 0 Å². The number of methoxy groups -OCH3 is 1. The zero-order valence-electron chi connectivity index (χ0n) is 10.7. The van der Waals surface area contributed by atoms with Crippen LogP contribution in [0.4, 0.5) is 0 Å². The first kappa shape index (κ1) is 14.1. The topological polar surface area (TPSA) is 69.4 Å². The van der Waals surface area contributed by atoms with Gasteiger partial charge in [0.1, 0.15) is 6.10 Å². The van der Waals surface area contributed by atoms with Crippen molar-refractivity contribution < 1.29 is 14.0 Å². The molecule has 0 fully saturated rings. The van der Waals surface area contributed by atoms with Gasteiger partial charge in [0.15, 0.2) is 0 Å². The molecule has 17 heavy (non-hydrogen) atoms. The lowest BCUT2D eigenvalue weighted by atomic mass is 10.2. The Labute approximate surface area is 102 Å². The monoisotopic (exact) mass is 243 g/mol. The van der Waals surface area contributed by atoms with Crippen molar-refractivity contribution in [2.75, 3.05) is 26.9 Å². The Balaban J connectivity index is 2.40. The van der Waals surface area contributed by atoms with Gasteiger partial charge in [0.25, 0.3) is 0 Å². The van der Waals surface area contributed by atoms with Crippen LogP contribution in [0.1, 0.15) is 38.1 Å². The molecule has 1 aromatic rings. The molecule has 0 radical (unpaired) electrons. The molecular weight excluding hydrogens is 222 g/mol. The number of nitrogens with zero attached hydrogens (tertiary/aromatic N) is 2. The van der Waals surface area contributed by atoms with Gasteiger partial charge in [0.05, 0.1) is 13.2 Å². The molecule has 1 atom stereocenters. The van der Waals surface area contributed by atoms with E-state index >= 15 is 0 Å². The molecule has 0 aromatic carbocycles. The molecule has 6 nitrogen and oxygen atoms in total. The predicted octanol–water partition coefficient (Wildman–Crippen LogP) is 1.29. The van der Waals surface area contributed by atoms with Gasteiger partial charge in [-0.1, -0.05) is 12.1 Å². The van der Waals surface area contributed by atoms with E-state index in [-0.39, 0.29) is 6.10 Å². The summed E-state index contributed by atoms with van der Waals surface area (Å²) in [5.41, 5.74) is 0. The molecule has 1 heterocycles. The van der Waals surface area contributed by atoms with Crippen LogP contribution < -0.4 is 5.32 Å². The fourth-order valence-electron chi connectivity index (χ4n) is 1.42. The van der Waals surface area contributed by atoms with Crippen molar-refractivity contribution >= 4 is 0 Å². The van der Waals surface area contributed by atoms with Crippen LogP contribution >= 0.6 is 0 Å². The Morgan fingerprint density at radius 3 is 2.88 bits per heavy atom. The number of aromatic nitrogens is 2. The highest BCUT2D eigenvalue weighted by Crippen LogP contribution is 2.17. The molecule has 0 saturated carbocycles. The van der Waals surface area contributed by atoms with Gasteiger partial charge in [-0.3, -0.25) is 0 Å². The van der Waals surface area contributed by atoms with Crippen molar-refractivity contribution in [3.05, 3.63) is 11.7 Å². The van der Waals surface area contributed by atoms with Crippen molar-refractivity contribution in [2.24, 2.45) is 0 Å². The third-order valence-electron chi connectivity index (χ3n) is 2.27. The summed E-state index contributed by atoms with van der Waals surface area (Å²) in [7, 11) is 1.67. The minimum Gasteiger partial charge on any atom is -0.383 e. The van der Waals surface area contributed by atoms with Gasteiger partial charge in [0.2, 0.25) is 11.7 Å². The normalized spacial score (nSPS) is 12.9. The number of nitrogens with one attached hydrogen (secondary N) is 1. The molecule has 1 N–H and O–H groups in total. The second-order valence-electron chi connectivity index (χ2n) is 3.57. The quantitative estimate of drug-likeness (QED) is 0.659. The first-order chi connectivity index (χ1) is 8.31. The third kappa shape index (κ3) is 4.80. The van der Waals surface area contributed by atoms with Gasteiger partial charge in [-0.25, -0.2) is 0 Å². The van der Waals surface area contributed by atoms with Gasteiger partial charge in [-0.05, 0) is 13.3 Å². The van der Waals surface area contributed by atoms with Crippen LogP contribution in [0.2, 0.25) is 0 Å². The molecule has 0 saturated heterocycles. The maximum absolute atomic E-state index is 5.51. The van der Waals surface area contributed by atoms with Crippen LogP contribution in [-0.4, -0.2) is 37.0 Å². The zero-order chi connectivity index (χ0) is 12.5. The summed E-state index contributed by atoms with van der Waals surface area (Å²) >= 11 is 0. The summed E-state index contributed by atoms with van der Waals surface area (Å²) in [4.78, 5) is 4.29. The Hall–Kier alpha value is -0.980. The maximum atomic E-state index is 5.51. The number of hydrogen-bond acceptors (Lipinski definition) is 6. The highest BCUT2D eigenvalue weighted by molar-refractivity contribution is 4.90. The van der Waals surface area contributed by atoms with Gasteiger partial charge in [0, 0.05) is 20.3 Å². The highest BCUT2D eigenvalue weighted by Gasteiger charge is 2.16. The van der Waals surface area contributed by atoms with Crippen LogP contribution in [0, 0.1) is 0 Å². The molecule has 0 aliphatic rings. The van der Waals surface area contributed by atoms with Crippen LogP contribution in [0.5, 0.6) is 0 Å². The summed E-state index contributed by atoms with van der Waals surface area (Å²) in [5.74, 6) is 1.20.